The van der Waals surface area contributed by atoms with E-state index in [1.807, 2.05) is 0 Å². The summed E-state index contributed by atoms with van der Waals surface area (Å²) in [6.45, 7) is 0.927. The molecular weight excluding hydrogens is 238 g/mol. The molecule has 0 saturated heterocycles. The van der Waals surface area contributed by atoms with Gasteiger partial charge in [-0.3, -0.25) is 0 Å². The minimum absolute atomic E-state index is 0.860. The van der Waals surface area contributed by atoms with E-state index in [0.717, 1.165) is 22.6 Å². The van der Waals surface area contributed by atoms with Crippen molar-refractivity contribution in [1.29, 1.82) is 0 Å². The predicted molar refractivity (Wildman–Crippen MR) is 56.6 cm³/mol. The van der Waals surface area contributed by atoms with E-state index in [4.69, 9.17) is 0 Å². The molecule has 1 N–H and O–H groups in total. The highest BCUT2D eigenvalue weighted by Crippen LogP contribution is 2.16. The van der Waals surface area contributed by atoms with E-state index < -0.39 is 0 Å². The average Bonchev–Trinajstić information content (AvgIpc) is 2.09. The Morgan fingerprint density at radius 3 is 3.17 bits per heavy atom. The van der Waals surface area contributed by atoms with Crippen molar-refractivity contribution in [1.82, 2.24) is 9.97 Å². The smallest absolute Gasteiger partial charge is 0.143 e. The van der Waals surface area contributed by atoms with Crippen LogP contribution in [0.5, 0.6) is 0 Å². The normalized spacial score (nSPS) is 9.83. The van der Waals surface area contributed by atoms with E-state index in [0.29, 0.717) is 0 Å². The van der Waals surface area contributed by atoms with Gasteiger partial charge in [0.05, 0.1) is 4.47 Å². The Labute approximate surface area is 84.5 Å². The van der Waals surface area contributed by atoms with Crippen LogP contribution in [0.2, 0.25) is 0 Å². The van der Waals surface area contributed by atoms with Crippen molar-refractivity contribution in [3.05, 3.63) is 17.0 Å². The molecule has 1 aromatic heterocycles. The van der Waals surface area contributed by atoms with E-state index in [1.54, 1.807) is 18.0 Å². The first-order valence-corrected chi connectivity index (χ1v) is 5.71. The van der Waals surface area contributed by atoms with Gasteiger partial charge in [-0.15, -0.1) is 0 Å². The minimum Gasteiger partial charge on any atom is -0.368 e. The van der Waals surface area contributed by atoms with Crippen LogP contribution in [0.3, 0.4) is 0 Å². The molecule has 0 aliphatic carbocycles. The van der Waals surface area contributed by atoms with Crippen LogP contribution in [-0.4, -0.2) is 28.5 Å². The van der Waals surface area contributed by atoms with Crippen LogP contribution in [0.4, 0.5) is 5.82 Å². The first-order chi connectivity index (χ1) is 5.84. The lowest BCUT2D eigenvalue weighted by atomic mass is 10.5. The Morgan fingerprint density at radius 1 is 1.67 bits per heavy atom. The summed E-state index contributed by atoms with van der Waals surface area (Å²) in [5.74, 6) is 1.94. The van der Waals surface area contributed by atoms with Gasteiger partial charge in [0.25, 0.3) is 0 Å². The van der Waals surface area contributed by atoms with Crippen LogP contribution >= 0.6 is 27.7 Å². The third kappa shape index (κ3) is 2.98. The molecule has 0 radical (unpaired) electrons. The number of rotatable bonds is 4. The Kier molecular flexibility index (Phi) is 4.39. The fourth-order valence-corrected chi connectivity index (χ4v) is 1.38. The molecule has 0 saturated carbocycles. The Hall–Kier alpha value is -0.290. The van der Waals surface area contributed by atoms with Gasteiger partial charge in [0.1, 0.15) is 12.1 Å². The molecule has 0 amide bonds. The molecule has 3 nitrogen and oxygen atoms in total. The maximum atomic E-state index is 4.07. The van der Waals surface area contributed by atoms with Gasteiger partial charge in [-0.1, -0.05) is 0 Å². The first kappa shape index (κ1) is 9.80. The zero-order valence-corrected chi connectivity index (χ0v) is 9.15. The predicted octanol–water partition coefficient (Wildman–Crippen LogP) is 2.01. The highest BCUT2D eigenvalue weighted by atomic mass is 79.9. The quantitative estimate of drug-likeness (QED) is 0.827. The van der Waals surface area contributed by atoms with Gasteiger partial charge < -0.3 is 5.32 Å². The van der Waals surface area contributed by atoms with E-state index in [9.17, 15) is 0 Å². The van der Waals surface area contributed by atoms with Crippen molar-refractivity contribution in [2.75, 3.05) is 23.9 Å². The molecule has 0 aromatic carbocycles. The van der Waals surface area contributed by atoms with Crippen molar-refractivity contribution in [3.63, 3.8) is 0 Å². The summed E-state index contributed by atoms with van der Waals surface area (Å²) in [7, 11) is 0. The lowest BCUT2D eigenvalue weighted by molar-refractivity contribution is 1.10. The SMILES string of the molecule is CSCCNc1ncncc1Br. The monoisotopic (exact) mass is 247 g/mol. The van der Waals surface area contributed by atoms with Crippen LogP contribution in [0.25, 0.3) is 0 Å². The van der Waals surface area contributed by atoms with E-state index in [-0.39, 0.29) is 0 Å². The van der Waals surface area contributed by atoms with Gasteiger partial charge in [0.2, 0.25) is 0 Å². The van der Waals surface area contributed by atoms with Crippen LogP contribution in [0.15, 0.2) is 17.0 Å². The Bertz CT molecular complexity index is 244. The summed E-state index contributed by atoms with van der Waals surface area (Å²) >= 11 is 5.16. The lowest BCUT2D eigenvalue weighted by Crippen LogP contribution is -2.05. The van der Waals surface area contributed by atoms with Gasteiger partial charge in [0, 0.05) is 18.5 Å². The van der Waals surface area contributed by atoms with Crippen molar-refractivity contribution in [2.24, 2.45) is 0 Å². The minimum atomic E-state index is 0.860. The number of aromatic nitrogens is 2. The molecule has 66 valence electrons. The van der Waals surface area contributed by atoms with E-state index in [1.165, 1.54) is 6.33 Å². The summed E-state index contributed by atoms with van der Waals surface area (Å²) in [6, 6.07) is 0. The van der Waals surface area contributed by atoms with Gasteiger partial charge in [-0.25, -0.2) is 9.97 Å². The molecule has 0 atom stereocenters. The van der Waals surface area contributed by atoms with Crippen LogP contribution in [0.1, 0.15) is 0 Å². The van der Waals surface area contributed by atoms with Gasteiger partial charge in [0.15, 0.2) is 0 Å². The third-order valence-corrected chi connectivity index (χ3v) is 2.46. The van der Waals surface area contributed by atoms with Gasteiger partial charge in [-0.05, 0) is 22.2 Å². The molecule has 0 bridgehead atoms. The maximum absolute atomic E-state index is 4.07. The van der Waals surface area contributed by atoms with E-state index in [2.05, 4.69) is 37.5 Å². The molecule has 0 aliphatic rings. The molecule has 1 rings (SSSR count). The van der Waals surface area contributed by atoms with E-state index >= 15 is 0 Å². The lowest BCUT2D eigenvalue weighted by Gasteiger charge is -2.04. The number of nitrogens with one attached hydrogen (secondary N) is 1. The highest BCUT2D eigenvalue weighted by Gasteiger charge is 1.97. The number of nitrogens with zero attached hydrogens (tertiary/aromatic N) is 2. The van der Waals surface area contributed by atoms with Crippen molar-refractivity contribution in [3.8, 4) is 0 Å². The van der Waals surface area contributed by atoms with Crippen molar-refractivity contribution < 1.29 is 0 Å². The summed E-state index contributed by atoms with van der Waals surface area (Å²) in [6.07, 6.45) is 5.34. The molecule has 1 aromatic rings. The van der Waals surface area contributed by atoms with Crippen LogP contribution in [-0.2, 0) is 0 Å². The summed E-state index contributed by atoms with van der Waals surface area (Å²) in [4.78, 5) is 7.94. The first-order valence-electron chi connectivity index (χ1n) is 3.53. The largest absolute Gasteiger partial charge is 0.368 e. The molecule has 12 heavy (non-hydrogen) atoms. The van der Waals surface area contributed by atoms with Gasteiger partial charge >= 0.3 is 0 Å². The molecule has 5 heteroatoms. The molecule has 0 fully saturated rings. The molecule has 0 spiro atoms. The fraction of sp³-hybridized carbons (Fsp3) is 0.429. The Balaban J connectivity index is 2.46. The highest BCUT2D eigenvalue weighted by molar-refractivity contribution is 9.10. The van der Waals surface area contributed by atoms with Crippen LogP contribution in [0, 0.1) is 0 Å². The van der Waals surface area contributed by atoms with Gasteiger partial charge in [-0.2, -0.15) is 11.8 Å². The average molecular weight is 248 g/mol. The summed E-state index contributed by atoms with van der Waals surface area (Å²) in [5, 5.41) is 3.20. The maximum Gasteiger partial charge on any atom is 0.143 e. The second-order valence-electron chi connectivity index (χ2n) is 2.14. The number of hydrogen-bond acceptors (Lipinski definition) is 4. The third-order valence-electron chi connectivity index (χ3n) is 1.27. The molecule has 1 heterocycles. The van der Waals surface area contributed by atoms with Crippen molar-refractivity contribution >= 4 is 33.5 Å². The second-order valence-corrected chi connectivity index (χ2v) is 3.98. The second kappa shape index (κ2) is 5.37. The van der Waals surface area contributed by atoms with Crippen molar-refractivity contribution in [2.45, 2.75) is 0 Å². The molecular formula is C7H10BrN3S. The number of thioether (sulfide) groups is 1. The zero-order valence-electron chi connectivity index (χ0n) is 6.75. The van der Waals surface area contributed by atoms with Crippen LogP contribution < -0.4 is 5.32 Å². The fourth-order valence-electron chi connectivity index (χ4n) is 0.714. The molecule has 0 aliphatic heterocycles. The number of hydrogen-bond donors (Lipinski definition) is 1. The summed E-state index contributed by atoms with van der Waals surface area (Å²) < 4.78 is 0.908. The number of halogens is 1. The Morgan fingerprint density at radius 2 is 2.50 bits per heavy atom. The number of anilines is 1. The standard InChI is InChI=1S/C7H10BrN3S/c1-12-3-2-10-7-6(8)4-9-5-11-7/h4-5H,2-3H2,1H3,(H,9,10,11). The summed E-state index contributed by atoms with van der Waals surface area (Å²) in [5.41, 5.74) is 0. The molecule has 0 unspecified atom stereocenters. The zero-order chi connectivity index (χ0) is 8.81. The topological polar surface area (TPSA) is 37.8 Å².